The molecule has 142 valence electrons. The number of carbonyl (C=O) groups excluding carboxylic acids is 2. The Morgan fingerprint density at radius 1 is 0.708 bits per heavy atom. The molecule has 5 nitrogen and oxygen atoms in total. The van der Waals surface area contributed by atoms with Gasteiger partial charge in [0.1, 0.15) is 0 Å². The van der Waals surface area contributed by atoms with Crippen molar-refractivity contribution in [3.8, 4) is 0 Å². The molecule has 0 heterocycles. The molecule has 0 atom stereocenters. The first-order valence-electron chi connectivity index (χ1n) is 9.59. The fourth-order valence-corrected chi connectivity index (χ4v) is 2.36. The maximum Gasteiger partial charge on any atom is 0.308 e. The van der Waals surface area contributed by atoms with Gasteiger partial charge in [0.15, 0.2) is 0 Å². The average Bonchev–Trinajstić information content (AvgIpc) is 2.53. The lowest BCUT2D eigenvalue weighted by molar-refractivity contribution is -0.149. The molecule has 5 heteroatoms. The minimum Gasteiger partial charge on any atom is -0.466 e. The van der Waals surface area contributed by atoms with Gasteiger partial charge in [-0.1, -0.05) is 65.2 Å². The standard InChI is InChI=1S/C19H36O5/c1-3-5-7-9-11-13-23-18(21)15-17(20)16-19(22)24-14-12-10-8-6-4-2/h17,20H,3-16H2,1-2H3. The summed E-state index contributed by atoms with van der Waals surface area (Å²) in [4.78, 5) is 23.1. The van der Waals surface area contributed by atoms with Crippen molar-refractivity contribution in [1.82, 2.24) is 0 Å². The Balaban J connectivity index is 3.56. The molecule has 0 aromatic rings. The maximum atomic E-state index is 11.6. The molecular weight excluding hydrogens is 308 g/mol. The lowest BCUT2D eigenvalue weighted by atomic mass is 10.1. The fraction of sp³-hybridized carbons (Fsp3) is 0.895. The van der Waals surface area contributed by atoms with Gasteiger partial charge in [-0.05, 0) is 12.8 Å². The molecule has 0 spiro atoms. The summed E-state index contributed by atoms with van der Waals surface area (Å²) in [6.45, 7) is 5.08. The smallest absolute Gasteiger partial charge is 0.308 e. The zero-order valence-electron chi connectivity index (χ0n) is 15.6. The van der Waals surface area contributed by atoms with Crippen LogP contribution in [0, 0.1) is 0 Å². The quantitative estimate of drug-likeness (QED) is 0.336. The van der Waals surface area contributed by atoms with E-state index in [1.165, 1.54) is 25.7 Å². The summed E-state index contributed by atoms with van der Waals surface area (Å²) in [5.41, 5.74) is 0. The van der Waals surface area contributed by atoms with Crippen LogP contribution in [0.5, 0.6) is 0 Å². The Bertz CT molecular complexity index is 287. The van der Waals surface area contributed by atoms with Crippen LogP contribution >= 0.6 is 0 Å². The van der Waals surface area contributed by atoms with Gasteiger partial charge in [0.25, 0.3) is 0 Å². The molecule has 0 aliphatic heterocycles. The van der Waals surface area contributed by atoms with Crippen molar-refractivity contribution in [1.29, 1.82) is 0 Å². The molecule has 0 bridgehead atoms. The zero-order chi connectivity index (χ0) is 18.0. The van der Waals surface area contributed by atoms with Crippen molar-refractivity contribution in [3.63, 3.8) is 0 Å². The SMILES string of the molecule is CCCCCCCOC(=O)CC(O)CC(=O)OCCCCCCC. The average molecular weight is 344 g/mol. The van der Waals surface area contributed by atoms with Gasteiger partial charge in [-0.2, -0.15) is 0 Å². The van der Waals surface area contributed by atoms with Crippen molar-refractivity contribution in [3.05, 3.63) is 0 Å². The predicted octanol–water partition coefficient (Wildman–Crippen LogP) is 4.15. The van der Waals surface area contributed by atoms with Crippen LogP contribution in [0.25, 0.3) is 0 Å². The lowest BCUT2D eigenvalue weighted by Crippen LogP contribution is -2.21. The fourth-order valence-electron chi connectivity index (χ4n) is 2.36. The van der Waals surface area contributed by atoms with Crippen LogP contribution in [0.2, 0.25) is 0 Å². The molecular formula is C19H36O5. The number of hydrogen-bond acceptors (Lipinski definition) is 5. The van der Waals surface area contributed by atoms with Gasteiger partial charge in [-0.15, -0.1) is 0 Å². The van der Waals surface area contributed by atoms with E-state index in [0.29, 0.717) is 13.2 Å². The summed E-state index contributed by atoms with van der Waals surface area (Å²) < 4.78 is 10.1. The summed E-state index contributed by atoms with van der Waals surface area (Å²) in [5, 5.41) is 9.73. The predicted molar refractivity (Wildman–Crippen MR) is 94.7 cm³/mol. The summed E-state index contributed by atoms with van der Waals surface area (Å²) in [6.07, 6.45) is 9.54. The number of unbranched alkanes of at least 4 members (excludes halogenated alkanes) is 8. The van der Waals surface area contributed by atoms with Gasteiger partial charge >= 0.3 is 11.9 Å². The second-order valence-electron chi connectivity index (χ2n) is 6.33. The molecule has 0 saturated carbocycles. The molecule has 0 amide bonds. The molecule has 0 aliphatic carbocycles. The van der Waals surface area contributed by atoms with Crippen LogP contribution in [0.15, 0.2) is 0 Å². The van der Waals surface area contributed by atoms with Gasteiger partial charge in [0, 0.05) is 0 Å². The van der Waals surface area contributed by atoms with Crippen molar-refractivity contribution in [2.45, 2.75) is 97.0 Å². The van der Waals surface area contributed by atoms with Crippen LogP contribution in [0.1, 0.15) is 90.9 Å². The van der Waals surface area contributed by atoms with Crippen LogP contribution < -0.4 is 0 Å². The summed E-state index contributed by atoms with van der Waals surface area (Å²) >= 11 is 0. The minimum absolute atomic E-state index is 0.152. The van der Waals surface area contributed by atoms with Crippen LogP contribution in [-0.2, 0) is 19.1 Å². The number of rotatable bonds is 16. The molecule has 0 unspecified atom stereocenters. The van der Waals surface area contributed by atoms with Crippen LogP contribution in [0.4, 0.5) is 0 Å². The number of ether oxygens (including phenoxy) is 2. The van der Waals surface area contributed by atoms with E-state index in [1.54, 1.807) is 0 Å². The number of aliphatic hydroxyl groups excluding tert-OH is 1. The third-order valence-corrected chi connectivity index (χ3v) is 3.83. The van der Waals surface area contributed by atoms with Crippen LogP contribution in [-0.4, -0.2) is 36.4 Å². The number of hydrogen-bond donors (Lipinski definition) is 1. The maximum absolute atomic E-state index is 11.6. The van der Waals surface area contributed by atoms with Crippen molar-refractivity contribution in [2.24, 2.45) is 0 Å². The minimum atomic E-state index is -1.02. The highest BCUT2D eigenvalue weighted by atomic mass is 16.5. The molecule has 1 N–H and O–H groups in total. The van der Waals surface area contributed by atoms with E-state index in [-0.39, 0.29) is 12.8 Å². The summed E-state index contributed by atoms with van der Waals surface area (Å²) in [5.74, 6) is -0.907. The Morgan fingerprint density at radius 3 is 1.46 bits per heavy atom. The Labute approximate surface area is 147 Å². The highest BCUT2D eigenvalue weighted by Gasteiger charge is 2.16. The van der Waals surface area contributed by atoms with E-state index in [0.717, 1.165) is 38.5 Å². The largest absolute Gasteiger partial charge is 0.466 e. The first-order valence-corrected chi connectivity index (χ1v) is 9.59. The third kappa shape index (κ3) is 15.8. The normalized spacial score (nSPS) is 10.8. The highest BCUT2D eigenvalue weighted by Crippen LogP contribution is 2.06. The second kappa shape index (κ2) is 16.7. The monoisotopic (exact) mass is 344 g/mol. The van der Waals surface area contributed by atoms with Gasteiger partial charge in [-0.25, -0.2) is 0 Å². The molecule has 24 heavy (non-hydrogen) atoms. The molecule has 0 aromatic carbocycles. The number of esters is 2. The van der Waals surface area contributed by atoms with E-state index >= 15 is 0 Å². The van der Waals surface area contributed by atoms with Gasteiger partial charge < -0.3 is 14.6 Å². The first-order chi connectivity index (χ1) is 11.6. The number of aliphatic hydroxyl groups is 1. The molecule has 0 rings (SSSR count). The van der Waals surface area contributed by atoms with Crippen molar-refractivity contribution < 1.29 is 24.2 Å². The van der Waals surface area contributed by atoms with E-state index in [4.69, 9.17) is 9.47 Å². The van der Waals surface area contributed by atoms with Crippen LogP contribution in [0.3, 0.4) is 0 Å². The molecule has 0 aliphatic rings. The van der Waals surface area contributed by atoms with E-state index < -0.39 is 18.0 Å². The summed E-state index contributed by atoms with van der Waals surface area (Å²) in [6, 6.07) is 0. The lowest BCUT2D eigenvalue weighted by Gasteiger charge is -2.10. The zero-order valence-corrected chi connectivity index (χ0v) is 15.6. The molecule has 0 aromatic heterocycles. The van der Waals surface area contributed by atoms with Crippen molar-refractivity contribution >= 4 is 11.9 Å². The van der Waals surface area contributed by atoms with Crippen molar-refractivity contribution in [2.75, 3.05) is 13.2 Å². The Hall–Kier alpha value is -1.10. The second-order valence-corrected chi connectivity index (χ2v) is 6.33. The van der Waals surface area contributed by atoms with E-state index in [1.807, 2.05) is 0 Å². The molecule has 0 fully saturated rings. The summed E-state index contributed by atoms with van der Waals surface area (Å²) in [7, 11) is 0. The van der Waals surface area contributed by atoms with E-state index in [2.05, 4.69) is 13.8 Å². The molecule has 0 radical (unpaired) electrons. The topological polar surface area (TPSA) is 72.8 Å². The highest BCUT2D eigenvalue weighted by molar-refractivity contribution is 5.73. The Morgan fingerprint density at radius 2 is 1.08 bits per heavy atom. The molecule has 0 saturated heterocycles. The third-order valence-electron chi connectivity index (χ3n) is 3.83. The first kappa shape index (κ1) is 22.9. The van der Waals surface area contributed by atoms with Gasteiger partial charge in [-0.3, -0.25) is 9.59 Å². The van der Waals surface area contributed by atoms with Gasteiger partial charge in [0.05, 0.1) is 32.2 Å². The van der Waals surface area contributed by atoms with Gasteiger partial charge in [0.2, 0.25) is 0 Å². The Kier molecular flexibility index (Phi) is 16.0. The number of carbonyl (C=O) groups is 2. The van der Waals surface area contributed by atoms with E-state index in [9.17, 15) is 14.7 Å².